The van der Waals surface area contributed by atoms with Crippen molar-refractivity contribution in [2.45, 2.75) is 13.5 Å². The number of halogens is 1. The summed E-state index contributed by atoms with van der Waals surface area (Å²) in [6.45, 7) is 2.29. The summed E-state index contributed by atoms with van der Waals surface area (Å²) in [4.78, 5) is 10.9. The van der Waals surface area contributed by atoms with Crippen LogP contribution in [0.2, 0.25) is 0 Å². The highest BCUT2D eigenvalue weighted by Gasteiger charge is 2.06. The van der Waals surface area contributed by atoms with Crippen molar-refractivity contribution < 1.29 is 4.79 Å². The molecule has 0 fully saturated rings. The molecule has 1 aromatic carbocycles. The zero-order valence-electron chi connectivity index (χ0n) is 7.41. The van der Waals surface area contributed by atoms with E-state index >= 15 is 0 Å². The van der Waals surface area contributed by atoms with E-state index in [4.69, 9.17) is 11.5 Å². The van der Waals surface area contributed by atoms with Gasteiger partial charge in [-0.3, -0.25) is 4.79 Å². The molecule has 0 aliphatic carbocycles. The Kier molecular flexibility index (Phi) is 4.45. The lowest BCUT2D eigenvalue weighted by atomic mass is 10.0. The van der Waals surface area contributed by atoms with Gasteiger partial charge in [-0.15, -0.1) is 12.4 Å². The number of rotatable bonds is 2. The first-order chi connectivity index (χ1) is 5.66. The van der Waals surface area contributed by atoms with Gasteiger partial charge in [0, 0.05) is 12.1 Å². The Balaban J connectivity index is 0.00000144. The second kappa shape index (κ2) is 4.84. The summed E-state index contributed by atoms with van der Waals surface area (Å²) in [5.74, 6) is -0.400. The zero-order chi connectivity index (χ0) is 9.14. The van der Waals surface area contributed by atoms with Crippen molar-refractivity contribution in [2.75, 3.05) is 0 Å². The van der Waals surface area contributed by atoms with E-state index in [1.54, 1.807) is 12.1 Å². The average molecular weight is 201 g/mol. The number of hydrogen-bond donors (Lipinski definition) is 2. The summed E-state index contributed by atoms with van der Waals surface area (Å²) < 4.78 is 0. The molecule has 0 spiro atoms. The molecule has 72 valence electrons. The molecule has 13 heavy (non-hydrogen) atoms. The van der Waals surface area contributed by atoms with Crippen LogP contribution in [0.25, 0.3) is 0 Å². The van der Waals surface area contributed by atoms with Crippen LogP contribution in [0.5, 0.6) is 0 Å². The third-order valence-corrected chi connectivity index (χ3v) is 1.93. The van der Waals surface area contributed by atoms with Gasteiger partial charge in [0.1, 0.15) is 0 Å². The Morgan fingerprint density at radius 2 is 2.08 bits per heavy atom. The molecule has 1 amide bonds. The van der Waals surface area contributed by atoms with E-state index in [9.17, 15) is 4.79 Å². The van der Waals surface area contributed by atoms with Crippen molar-refractivity contribution in [3.8, 4) is 0 Å². The Morgan fingerprint density at radius 3 is 2.54 bits per heavy atom. The first-order valence-electron chi connectivity index (χ1n) is 3.75. The highest BCUT2D eigenvalue weighted by atomic mass is 35.5. The highest BCUT2D eigenvalue weighted by molar-refractivity contribution is 5.94. The van der Waals surface area contributed by atoms with Gasteiger partial charge in [-0.1, -0.05) is 12.1 Å². The summed E-state index contributed by atoms with van der Waals surface area (Å²) in [6, 6.07) is 5.38. The lowest BCUT2D eigenvalue weighted by Crippen LogP contribution is -2.14. The van der Waals surface area contributed by atoms with Crippen LogP contribution in [0.15, 0.2) is 18.2 Å². The molecule has 4 N–H and O–H groups in total. The zero-order valence-corrected chi connectivity index (χ0v) is 8.23. The van der Waals surface area contributed by atoms with Gasteiger partial charge in [-0.25, -0.2) is 0 Å². The van der Waals surface area contributed by atoms with E-state index in [0.29, 0.717) is 12.1 Å². The Labute approximate surface area is 83.5 Å². The van der Waals surface area contributed by atoms with Crippen LogP contribution < -0.4 is 11.5 Å². The Morgan fingerprint density at radius 1 is 1.46 bits per heavy atom. The number of carbonyl (C=O) groups is 1. The van der Waals surface area contributed by atoms with E-state index in [1.807, 2.05) is 13.0 Å². The van der Waals surface area contributed by atoms with Gasteiger partial charge in [0.15, 0.2) is 0 Å². The predicted octanol–water partition coefficient (Wildman–Crippen LogP) is 0.974. The van der Waals surface area contributed by atoms with E-state index < -0.39 is 5.91 Å². The van der Waals surface area contributed by atoms with E-state index in [-0.39, 0.29) is 12.4 Å². The van der Waals surface area contributed by atoms with Crippen molar-refractivity contribution in [3.05, 3.63) is 34.9 Å². The van der Waals surface area contributed by atoms with Crippen molar-refractivity contribution in [3.63, 3.8) is 0 Å². The molecule has 0 aromatic heterocycles. The number of hydrogen-bond acceptors (Lipinski definition) is 2. The van der Waals surface area contributed by atoms with E-state index in [2.05, 4.69) is 0 Å². The van der Waals surface area contributed by atoms with Crippen LogP contribution in [0.4, 0.5) is 0 Å². The number of carbonyl (C=O) groups excluding carboxylic acids is 1. The van der Waals surface area contributed by atoms with Gasteiger partial charge in [-0.2, -0.15) is 0 Å². The SMILES string of the molecule is Cc1c(CN)cccc1C(N)=O.Cl. The Bertz CT molecular complexity index is 312. The largest absolute Gasteiger partial charge is 0.366 e. The quantitative estimate of drug-likeness (QED) is 0.747. The van der Waals surface area contributed by atoms with Crippen LogP contribution in [0.1, 0.15) is 21.5 Å². The minimum atomic E-state index is -0.400. The summed E-state index contributed by atoms with van der Waals surface area (Å²) >= 11 is 0. The second-order valence-corrected chi connectivity index (χ2v) is 2.66. The topological polar surface area (TPSA) is 69.1 Å². The normalized spacial score (nSPS) is 9.08. The Hall–Kier alpha value is -1.06. The smallest absolute Gasteiger partial charge is 0.248 e. The summed E-state index contributed by atoms with van der Waals surface area (Å²) in [5, 5.41) is 0. The maximum absolute atomic E-state index is 10.9. The molecule has 0 saturated heterocycles. The van der Waals surface area contributed by atoms with Gasteiger partial charge >= 0.3 is 0 Å². The van der Waals surface area contributed by atoms with E-state index in [1.165, 1.54) is 0 Å². The standard InChI is InChI=1S/C9H12N2O.ClH/c1-6-7(5-10)3-2-4-8(6)9(11)12;/h2-4H,5,10H2,1H3,(H2,11,12);1H. The summed E-state index contributed by atoms with van der Waals surface area (Å²) in [6.07, 6.45) is 0. The maximum Gasteiger partial charge on any atom is 0.248 e. The molecular formula is C9H13ClN2O. The van der Waals surface area contributed by atoms with Crippen molar-refractivity contribution >= 4 is 18.3 Å². The van der Waals surface area contributed by atoms with Crippen LogP contribution in [-0.2, 0) is 6.54 Å². The molecule has 0 radical (unpaired) electrons. The van der Waals surface area contributed by atoms with Crippen LogP contribution in [-0.4, -0.2) is 5.91 Å². The highest BCUT2D eigenvalue weighted by Crippen LogP contribution is 2.12. The fraction of sp³-hybridized carbons (Fsp3) is 0.222. The van der Waals surface area contributed by atoms with Gasteiger partial charge in [-0.05, 0) is 24.1 Å². The van der Waals surface area contributed by atoms with Gasteiger partial charge in [0.2, 0.25) is 5.91 Å². The molecule has 0 bridgehead atoms. The summed E-state index contributed by atoms with van der Waals surface area (Å²) in [7, 11) is 0. The molecule has 0 aliphatic rings. The molecule has 3 nitrogen and oxygen atoms in total. The number of benzene rings is 1. The van der Waals surface area contributed by atoms with Gasteiger partial charge in [0.05, 0.1) is 0 Å². The predicted molar refractivity (Wildman–Crippen MR) is 54.8 cm³/mol. The van der Waals surface area contributed by atoms with Crippen LogP contribution in [0, 0.1) is 6.92 Å². The molecule has 0 aliphatic heterocycles. The molecule has 1 rings (SSSR count). The van der Waals surface area contributed by atoms with Crippen LogP contribution in [0.3, 0.4) is 0 Å². The van der Waals surface area contributed by atoms with Crippen molar-refractivity contribution in [2.24, 2.45) is 11.5 Å². The number of primary amides is 1. The lowest BCUT2D eigenvalue weighted by Gasteiger charge is -2.05. The molecule has 0 unspecified atom stereocenters. The third kappa shape index (κ3) is 2.44. The van der Waals surface area contributed by atoms with Crippen molar-refractivity contribution in [1.82, 2.24) is 0 Å². The second-order valence-electron chi connectivity index (χ2n) is 2.66. The van der Waals surface area contributed by atoms with Crippen LogP contribution >= 0.6 is 12.4 Å². The number of amides is 1. The molecular weight excluding hydrogens is 188 g/mol. The molecule has 4 heteroatoms. The fourth-order valence-corrected chi connectivity index (χ4v) is 1.17. The average Bonchev–Trinajstić information content (AvgIpc) is 2.04. The summed E-state index contributed by atoms with van der Waals surface area (Å²) in [5.41, 5.74) is 13.0. The number of nitrogens with two attached hydrogens (primary N) is 2. The van der Waals surface area contributed by atoms with E-state index in [0.717, 1.165) is 11.1 Å². The molecule has 0 heterocycles. The maximum atomic E-state index is 10.9. The molecule has 0 atom stereocenters. The monoisotopic (exact) mass is 200 g/mol. The fourth-order valence-electron chi connectivity index (χ4n) is 1.17. The van der Waals surface area contributed by atoms with Gasteiger partial charge in [0.25, 0.3) is 0 Å². The lowest BCUT2D eigenvalue weighted by molar-refractivity contribution is 0.0999. The first-order valence-corrected chi connectivity index (χ1v) is 3.75. The third-order valence-electron chi connectivity index (χ3n) is 1.93. The molecule has 1 aromatic rings. The van der Waals surface area contributed by atoms with Crippen molar-refractivity contribution in [1.29, 1.82) is 0 Å². The minimum Gasteiger partial charge on any atom is -0.366 e. The minimum absolute atomic E-state index is 0. The molecule has 0 saturated carbocycles. The van der Waals surface area contributed by atoms with Gasteiger partial charge < -0.3 is 11.5 Å². The first kappa shape index (κ1) is 11.9.